The van der Waals surface area contributed by atoms with Gasteiger partial charge in [0.05, 0.1) is 17.5 Å². The van der Waals surface area contributed by atoms with E-state index in [0.29, 0.717) is 11.6 Å². The van der Waals surface area contributed by atoms with Crippen molar-refractivity contribution in [2.45, 2.75) is 32.7 Å². The molecule has 0 saturated heterocycles. The number of nitrogens with zero attached hydrogens (tertiary/aromatic N) is 2. The van der Waals surface area contributed by atoms with Crippen molar-refractivity contribution >= 4 is 11.9 Å². The minimum atomic E-state index is -1.01. The van der Waals surface area contributed by atoms with Crippen molar-refractivity contribution in [2.24, 2.45) is 0 Å². The third kappa shape index (κ3) is 3.57. The first-order valence-electron chi connectivity index (χ1n) is 6.42. The van der Waals surface area contributed by atoms with E-state index in [4.69, 9.17) is 9.52 Å². The molecule has 2 rings (SSSR count). The zero-order valence-electron chi connectivity index (χ0n) is 11.5. The van der Waals surface area contributed by atoms with E-state index < -0.39 is 5.97 Å². The molecule has 1 unspecified atom stereocenters. The predicted octanol–water partition coefficient (Wildman–Crippen LogP) is 2.51. The van der Waals surface area contributed by atoms with E-state index in [-0.39, 0.29) is 11.6 Å². The number of anilines is 1. The second-order valence-corrected chi connectivity index (χ2v) is 4.66. The molecule has 0 fully saturated rings. The van der Waals surface area contributed by atoms with Gasteiger partial charge in [0.25, 0.3) is 0 Å². The molecule has 0 aromatic carbocycles. The summed E-state index contributed by atoms with van der Waals surface area (Å²) in [5, 5.41) is 12.1. The number of carbonyl (C=O) groups is 1. The third-order valence-electron chi connectivity index (χ3n) is 2.99. The standard InChI is InChI=1S/C14H17N3O3/c1-9(5-6-11-4-3-7-20-11)16-14-15-8-12(13(18)19)10(2)17-14/h3-4,7-9H,5-6H2,1-2H3,(H,18,19)(H,15,16,17). The third-order valence-corrected chi connectivity index (χ3v) is 2.99. The van der Waals surface area contributed by atoms with Crippen LogP contribution < -0.4 is 5.32 Å². The van der Waals surface area contributed by atoms with Crippen LogP contribution in [0, 0.1) is 6.92 Å². The van der Waals surface area contributed by atoms with Gasteiger partial charge in [0.2, 0.25) is 5.95 Å². The Balaban J connectivity index is 1.92. The van der Waals surface area contributed by atoms with E-state index >= 15 is 0 Å². The van der Waals surface area contributed by atoms with Gasteiger partial charge in [0.15, 0.2) is 0 Å². The maximum absolute atomic E-state index is 10.9. The quantitative estimate of drug-likeness (QED) is 0.842. The van der Waals surface area contributed by atoms with E-state index in [1.165, 1.54) is 6.20 Å². The number of furan rings is 1. The Bertz CT molecular complexity index is 581. The number of carboxylic acids is 1. The minimum Gasteiger partial charge on any atom is -0.478 e. The largest absolute Gasteiger partial charge is 0.478 e. The lowest BCUT2D eigenvalue weighted by Crippen LogP contribution is -2.18. The van der Waals surface area contributed by atoms with Crippen LogP contribution in [0.25, 0.3) is 0 Å². The number of rotatable bonds is 6. The number of hydrogen-bond donors (Lipinski definition) is 2. The fourth-order valence-corrected chi connectivity index (χ4v) is 1.85. The Morgan fingerprint density at radius 3 is 2.95 bits per heavy atom. The molecule has 0 spiro atoms. The van der Waals surface area contributed by atoms with Gasteiger partial charge in [-0.3, -0.25) is 0 Å². The van der Waals surface area contributed by atoms with E-state index in [9.17, 15) is 4.79 Å². The van der Waals surface area contributed by atoms with Crippen LogP contribution in [0.2, 0.25) is 0 Å². The second kappa shape index (κ2) is 6.18. The van der Waals surface area contributed by atoms with Gasteiger partial charge in [0, 0.05) is 18.7 Å². The summed E-state index contributed by atoms with van der Waals surface area (Å²) in [5.41, 5.74) is 0.576. The number of hydrogen-bond acceptors (Lipinski definition) is 5. The Labute approximate surface area is 116 Å². The molecule has 0 radical (unpaired) electrons. The molecule has 0 amide bonds. The highest BCUT2D eigenvalue weighted by Crippen LogP contribution is 2.11. The molecular formula is C14H17N3O3. The molecule has 0 saturated carbocycles. The van der Waals surface area contributed by atoms with Crippen molar-refractivity contribution in [1.29, 1.82) is 0 Å². The molecule has 1 atom stereocenters. The van der Waals surface area contributed by atoms with Crippen molar-refractivity contribution in [3.05, 3.63) is 41.6 Å². The van der Waals surface area contributed by atoms with Gasteiger partial charge in [-0.05, 0) is 32.4 Å². The fraction of sp³-hybridized carbons (Fsp3) is 0.357. The lowest BCUT2D eigenvalue weighted by Gasteiger charge is -2.13. The Morgan fingerprint density at radius 1 is 1.55 bits per heavy atom. The Hall–Kier alpha value is -2.37. The van der Waals surface area contributed by atoms with Gasteiger partial charge in [0.1, 0.15) is 5.76 Å². The highest BCUT2D eigenvalue weighted by molar-refractivity contribution is 5.88. The summed E-state index contributed by atoms with van der Waals surface area (Å²) in [7, 11) is 0. The van der Waals surface area contributed by atoms with E-state index in [1.54, 1.807) is 13.2 Å². The summed E-state index contributed by atoms with van der Waals surface area (Å²) in [6, 6.07) is 3.97. The molecule has 0 bridgehead atoms. The molecule has 20 heavy (non-hydrogen) atoms. The van der Waals surface area contributed by atoms with Crippen LogP contribution >= 0.6 is 0 Å². The van der Waals surface area contributed by atoms with Crippen LogP contribution in [0.15, 0.2) is 29.0 Å². The van der Waals surface area contributed by atoms with Crippen LogP contribution in [0.3, 0.4) is 0 Å². The maximum Gasteiger partial charge on any atom is 0.339 e. The van der Waals surface area contributed by atoms with Crippen molar-refractivity contribution < 1.29 is 14.3 Å². The Kier molecular flexibility index (Phi) is 4.34. The molecule has 0 aliphatic heterocycles. The first-order chi connectivity index (χ1) is 9.56. The lowest BCUT2D eigenvalue weighted by molar-refractivity contribution is 0.0695. The van der Waals surface area contributed by atoms with E-state index in [0.717, 1.165) is 18.6 Å². The summed E-state index contributed by atoms with van der Waals surface area (Å²) in [4.78, 5) is 19.1. The number of aryl methyl sites for hydroxylation is 2. The van der Waals surface area contributed by atoms with Gasteiger partial charge < -0.3 is 14.8 Å². The molecular weight excluding hydrogens is 258 g/mol. The van der Waals surface area contributed by atoms with Crippen molar-refractivity contribution in [3.63, 3.8) is 0 Å². The van der Waals surface area contributed by atoms with Gasteiger partial charge in [-0.15, -0.1) is 0 Å². The summed E-state index contributed by atoms with van der Waals surface area (Å²) in [6.07, 6.45) is 4.68. The molecule has 0 aliphatic rings. The zero-order chi connectivity index (χ0) is 14.5. The van der Waals surface area contributed by atoms with Crippen LogP contribution in [-0.2, 0) is 6.42 Å². The SMILES string of the molecule is Cc1nc(NC(C)CCc2ccco2)ncc1C(=O)O. The molecule has 2 aromatic heterocycles. The molecule has 106 valence electrons. The van der Waals surface area contributed by atoms with Gasteiger partial charge >= 0.3 is 5.97 Å². The monoisotopic (exact) mass is 275 g/mol. The Morgan fingerprint density at radius 2 is 2.35 bits per heavy atom. The van der Waals surface area contributed by atoms with Crippen LogP contribution in [0.4, 0.5) is 5.95 Å². The first kappa shape index (κ1) is 14.0. The molecule has 0 aliphatic carbocycles. The van der Waals surface area contributed by atoms with E-state index in [2.05, 4.69) is 15.3 Å². The van der Waals surface area contributed by atoms with Crippen molar-refractivity contribution in [1.82, 2.24) is 9.97 Å². The summed E-state index contributed by atoms with van der Waals surface area (Å²) in [6.45, 7) is 3.68. The fourth-order valence-electron chi connectivity index (χ4n) is 1.85. The predicted molar refractivity (Wildman–Crippen MR) is 73.8 cm³/mol. The molecule has 2 heterocycles. The van der Waals surface area contributed by atoms with Crippen molar-refractivity contribution in [3.8, 4) is 0 Å². The maximum atomic E-state index is 10.9. The minimum absolute atomic E-state index is 0.124. The number of aromatic nitrogens is 2. The summed E-state index contributed by atoms with van der Waals surface area (Å²) < 4.78 is 5.27. The van der Waals surface area contributed by atoms with Crippen LogP contribution in [-0.4, -0.2) is 27.1 Å². The molecule has 2 N–H and O–H groups in total. The normalized spacial score (nSPS) is 12.1. The lowest BCUT2D eigenvalue weighted by atomic mass is 10.1. The first-order valence-corrected chi connectivity index (χ1v) is 6.42. The van der Waals surface area contributed by atoms with Crippen molar-refractivity contribution in [2.75, 3.05) is 5.32 Å². The molecule has 2 aromatic rings. The van der Waals surface area contributed by atoms with Crippen LogP contribution in [0.5, 0.6) is 0 Å². The highest BCUT2D eigenvalue weighted by Gasteiger charge is 2.11. The number of carboxylic acid groups (broad SMARTS) is 1. The zero-order valence-corrected chi connectivity index (χ0v) is 11.5. The molecule has 6 nitrogen and oxygen atoms in total. The summed E-state index contributed by atoms with van der Waals surface area (Å²) in [5.74, 6) is 0.372. The molecule has 6 heteroatoms. The van der Waals surface area contributed by atoms with Gasteiger partial charge in [-0.1, -0.05) is 0 Å². The number of nitrogens with one attached hydrogen (secondary N) is 1. The van der Waals surface area contributed by atoms with E-state index in [1.807, 2.05) is 19.1 Å². The van der Waals surface area contributed by atoms with Crippen LogP contribution in [0.1, 0.15) is 35.2 Å². The topological polar surface area (TPSA) is 88.3 Å². The average molecular weight is 275 g/mol. The second-order valence-electron chi connectivity index (χ2n) is 4.66. The average Bonchev–Trinajstić information content (AvgIpc) is 2.89. The van der Waals surface area contributed by atoms with Gasteiger partial charge in [-0.25, -0.2) is 14.8 Å². The smallest absolute Gasteiger partial charge is 0.339 e. The van der Waals surface area contributed by atoms with Gasteiger partial charge in [-0.2, -0.15) is 0 Å². The number of aromatic carboxylic acids is 1. The summed E-state index contributed by atoms with van der Waals surface area (Å²) >= 11 is 0. The highest BCUT2D eigenvalue weighted by atomic mass is 16.4.